The molecule has 1 aliphatic heterocycles. The Morgan fingerprint density at radius 3 is 2.62 bits per heavy atom. The van der Waals surface area contributed by atoms with Gasteiger partial charge in [-0.25, -0.2) is 9.79 Å². The highest BCUT2D eigenvalue weighted by atomic mass is 32.2. The van der Waals surface area contributed by atoms with Crippen molar-refractivity contribution in [2.75, 3.05) is 13.7 Å². The molecule has 172 valence electrons. The number of esters is 1. The molecule has 0 saturated carbocycles. The molecule has 4 rings (SSSR count). The SMILES string of the molecule is CCOC(=O)C1=C(C)NC(SCc2ccc(C#N)cc2)=NC1c1c(OC)ccc2ccccc12. The van der Waals surface area contributed by atoms with Crippen molar-refractivity contribution >= 4 is 33.7 Å². The van der Waals surface area contributed by atoms with Gasteiger partial charge >= 0.3 is 5.97 Å². The van der Waals surface area contributed by atoms with Crippen LogP contribution in [0.25, 0.3) is 10.8 Å². The predicted molar refractivity (Wildman–Crippen MR) is 136 cm³/mol. The highest BCUT2D eigenvalue weighted by Crippen LogP contribution is 2.41. The Balaban J connectivity index is 1.76. The average molecular weight is 472 g/mol. The fraction of sp³-hybridized carbons (Fsp3) is 0.222. The first-order valence-corrected chi connectivity index (χ1v) is 11.9. The lowest BCUT2D eigenvalue weighted by Crippen LogP contribution is -2.30. The van der Waals surface area contributed by atoms with Crippen molar-refractivity contribution in [2.45, 2.75) is 25.6 Å². The molecule has 1 heterocycles. The number of allylic oxidation sites excluding steroid dienone is 1. The first-order chi connectivity index (χ1) is 16.5. The van der Waals surface area contributed by atoms with Gasteiger partial charge in [-0.15, -0.1) is 0 Å². The number of fused-ring (bicyclic) bond motifs is 1. The summed E-state index contributed by atoms with van der Waals surface area (Å²) in [6.45, 7) is 3.94. The van der Waals surface area contributed by atoms with Crippen LogP contribution >= 0.6 is 11.8 Å². The summed E-state index contributed by atoms with van der Waals surface area (Å²) in [5.41, 5.74) is 3.71. The van der Waals surface area contributed by atoms with E-state index in [2.05, 4.69) is 11.4 Å². The minimum atomic E-state index is -0.579. The molecule has 1 N–H and O–H groups in total. The lowest BCUT2D eigenvalue weighted by molar-refractivity contribution is -0.138. The first kappa shape index (κ1) is 23.4. The number of ether oxygens (including phenoxy) is 2. The maximum atomic E-state index is 13.0. The molecule has 0 fully saturated rings. The van der Waals surface area contributed by atoms with Crippen molar-refractivity contribution in [1.29, 1.82) is 5.26 Å². The number of nitriles is 1. The third-order valence-electron chi connectivity index (χ3n) is 5.60. The molecule has 1 aliphatic rings. The van der Waals surface area contributed by atoms with Crippen LogP contribution in [0.15, 0.2) is 76.9 Å². The zero-order valence-corrected chi connectivity index (χ0v) is 20.1. The molecule has 3 aromatic rings. The number of methoxy groups -OCH3 is 1. The van der Waals surface area contributed by atoms with E-state index in [1.807, 2.05) is 55.5 Å². The third kappa shape index (κ3) is 4.78. The summed E-state index contributed by atoms with van der Waals surface area (Å²) in [7, 11) is 1.62. The number of thioether (sulfide) groups is 1. The zero-order valence-electron chi connectivity index (χ0n) is 19.3. The van der Waals surface area contributed by atoms with Crippen LogP contribution in [0.3, 0.4) is 0 Å². The van der Waals surface area contributed by atoms with E-state index in [0.717, 1.165) is 21.9 Å². The normalized spacial score (nSPS) is 15.4. The number of benzene rings is 3. The second-order valence-corrected chi connectivity index (χ2v) is 8.69. The minimum absolute atomic E-state index is 0.277. The molecule has 0 radical (unpaired) electrons. The number of aliphatic imine (C=N–C) groups is 1. The fourth-order valence-electron chi connectivity index (χ4n) is 3.97. The van der Waals surface area contributed by atoms with Gasteiger partial charge in [-0.1, -0.05) is 54.2 Å². The lowest BCUT2D eigenvalue weighted by atomic mass is 9.91. The quantitative estimate of drug-likeness (QED) is 0.479. The molecule has 0 saturated heterocycles. The number of carbonyl (C=O) groups is 1. The Bertz CT molecular complexity index is 1320. The molecular formula is C27H25N3O3S. The average Bonchev–Trinajstić information content (AvgIpc) is 2.86. The Morgan fingerprint density at radius 1 is 1.15 bits per heavy atom. The van der Waals surface area contributed by atoms with Crippen LogP contribution in [-0.2, 0) is 15.3 Å². The topological polar surface area (TPSA) is 83.7 Å². The van der Waals surface area contributed by atoms with Crippen molar-refractivity contribution in [1.82, 2.24) is 5.32 Å². The summed E-state index contributed by atoms with van der Waals surface area (Å²) in [4.78, 5) is 18.0. The van der Waals surface area contributed by atoms with E-state index in [4.69, 9.17) is 19.7 Å². The van der Waals surface area contributed by atoms with Gasteiger partial charge in [-0.3, -0.25) is 0 Å². The molecule has 3 aromatic carbocycles. The van der Waals surface area contributed by atoms with Crippen LogP contribution in [0.4, 0.5) is 0 Å². The Hall–Kier alpha value is -3.76. The summed E-state index contributed by atoms with van der Waals surface area (Å²) in [6, 6.07) is 21.0. The van der Waals surface area contributed by atoms with Crippen LogP contribution in [0, 0.1) is 11.3 Å². The van der Waals surface area contributed by atoms with Crippen LogP contribution in [0.1, 0.15) is 36.6 Å². The summed E-state index contributed by atoms with van der Waals surface area (Å²) in [6.07, 6.45) is 0. The van der Waals surface area contributed by atoms with Gasteiger partial charge in [-0.2, -0.15) is 5.26 Å². The molecular weight excluding hydrogens is 446 g/mol. The van der Waals surface area contributed by atoms with Crippen LogP contribution < -0.4 is 10.1 Å². The number of amidine groups is 1. The van der Waals surface area contributed by atoms with E-state index >= 15 is 0 Å². The molecule has 0 aliphatic carbocycles. The monoisotopic (exact) mass is 471 g/mol. The molecule has 34 heavy (non-hydrogen) atoms. The number of hydrogen-bond donors (Lipinski definition) is 1. The Kier molecular flexibility index (Phi) is 7.19. The fourth-order valence-corrected chi connectivity index (χ4v) is 4.87. The number of carbonyl (C=O) groups excluding carboxylic acids is 1. The van der Waals surface area contributed by atoms with Crippen molar-refractivity contribution in [3.8, 4) is 11.8 Å². The smallest absolute Gasteiger partial charge is 0.338 e. The van der Waals surface area contributed by atoms with Gasteiger partial charge in [0.15, 0.2) is 5.17 Å². The number of rotatable bonds is 6. The predicted octanol–water partition coefficient (Wildman–Crippen LogP) is 5.49. The number of nitrogens with zero attached hydrogens (tertiary/aromatic N) is 2. The van der Waals surface area contributed by atoms with Crippen LogP contribution in [0.2, 0.25) is 0 Å². The van der Waals surface area contributed by atoms with Gasteiger partial charge < -0.3 is 14.8 Å². The largest absolute Gasteiger partial charge is 0.496 e. The van der Waals surface area contributed by atoms with E-state index in [9.17, 15) is 4.79 Å². The zero-order chi connectivity index (χ0) is 24.1. The highest BCUT2D eigenvalue weighted by Gasteiger charge is 2.33. The van der Waals surface area contributed by atoms with Crippen molar-refractivity contribution in [2.24, 2.45) is 4.99 Å². The molecule has 6 nitrogen and oxygen atoms in total. The summed E-state index contributed by atoms with van der Waals surface area (Å²) in [5, 5.41) is 15.0. The van der Waals surface area contributed by atoms with Gasteiger partial charge in [0.2, 0.25) is 0 Å². The van der Waals surface area contributed by atoms with Gasteiger partial charge in [0.25, 0.3) is 0 Å². The molecule has 1 unspecified atom stereocenters. The van der Waals surface area contributed by atoms with Crippen molar-refractivity contribution in [3.63, 3.8) is 0 Å². The van der Waals surface area contributed by atoms with Gasteiger partial charge in [-0.05, 0) is 48.4 Å². The molecule has 0 spiro atoms. The standard InChI is InChI=1S/C27H25N3O3S/c1-4-33-26(31)23-17(2)29-27(34-16-19-11-9-18(15-28)10-12-19)30-25(23)24-21-8-6-5-7-20(21)13-14-22(24)32-3/h5-14,25H,4,16H2,1-3H3,(H,29,30). The maximum absolute atomic E-state index is 13.0. The summed E-state index contributed by atoms with van der Waals surface area (Å²) >= 11 is 1.54. The number of hydrogen-bond acceptors (Lipinski definition) is 7. The van der Waals surface area contributed by atoms with Crippen LogP contribution in [0.5, 0.6) is 5.75 Å². The lowest BCUT2D eigenvalue weighted by Gasteiger charge is -2.27. The van der Waals surface area contributed by atoms with Gasteiger partial charge in [0.05, 0.1) is 30.9 Å². The van der Waals surface area contributed by atoms with Gasteiger partial charge in [0.1, 0.15) is 11.8 Å². The molecule has 1 atom stereocenters. The second-order valence-electron chi connectivity index (χ2n) is 7.72. The highest BCUT2D eigenvalue weighted by molar-refractivity contribution is 8.13. The first-order valence-electron chi connectivity index (χ1n) is 11.0. The van der Waals surface area contributed by atoms with Crippen LogP contribution in [-0.4, -0.2) is 24.9 Å². The molecule has 7 heteroatoms. The molecule has 0 aromatic heterocycles. The Labute approximate surface area is 203 Å². The third-order valence-corrected chi connectivity index (χ3v) is 6.55. The molecule has 0 amide bonds. The number of nitrogens with one attached hydrogen (secondary N) is 1. The molecule has 0 bridgehead atoms. The van der Waals surface area contributed by atoms with E-state index in [1.54, 1.807) is 37.9 Å². The van der Waals surface area contributed by atoms with E-state index < -0.39 is 12.0 Å². The minimum Gasteiger partial charge on any atom is -0.496 e. The van der Waals surface area contributed by atoms with E-state index in [-0.39, 0.29) is 6.61 Å². The van der Waals surface area contributed by atoms with E-state index in [0.29, 0.717) is 33.5 Å². The van der Waals surface area contributed by atoms with Crippen molar-refractivity contribution in [3.05, 3.63) is 88.6 Å². The summed E-state index contributed by atoms with van der Waals surface area (Å²) in [5.74, 6) is 0.937. The Morgan fingerprint density at radius 2 is 1.91 bits per heavy atom. The maximum Gasteiger partial charge on any atom is 0.338 e. The summed E-state index contributed by atoms with van der Waals surface area (Å²) < 4.78 is 11.1. The van der Waals surface area contributed by atoms with E-state index in [1.165, 1.54) is 0 Å². The van der Waals surface area contributed by atoms with Gasteiger partial charge in [0, 0.05) is 17.0 Å². The van der Waals surface area contributed by atoms with Crippen molar-refractivity contribution < 1.29 is 14.3 Å². The second kappa shape index (κ2) is 10.4.